The minimum Gasteiger partial charge on any atom is -0.393 e. The van der Waals surface area contributed by atoms with E-state index in [4.69, 9.17) is 0 Å². The lowest BCUT2D eigenvalue weighted by molar-refractivity contribution is -0.163. The van der Waals surface area contributed by atoms with Crippen LogP contribution in [0.15, 0.2) is 35.5 Å². The van der Waals surface area contributed by atoms with Crippen molar-refractivity contribution in [3.05, 3.63) is 35.5 Å². The summed E-state index contributed by atoms with van der Waals surface area (Å²) in [7, 11) is 0. The number of aliphatic hydroxyl groups excluding tert-OH is 3. The second-order valence-corrected chi connectivity index (χ2v) is 10.9. The van der Waals surface area contributed by atoms with E-state index in [0.29, 0.717) is 43.2 Å². The summed E-state index contributed by atoms with van der Waals surface area (Å²) >= 11 is 0. The summed E-state index contributed by atoms with van der Waals surface area (Å²) in [6, 6.07) is 0. The molecule has 0 radical (unpaired) electrons. The second kappa shape index (κ2) is 9.05. The van der Waals surface area contributed by atoms with Crippen molar-refractivity contribution in [3.8, 4) is 0 Å². The number of carbonyl (C=O) groups excluding carboxylic acids is 1. The number of carbonyl (C=O) groups is 1. The molecule has 0 aromatic rings. The van der Waals surface area contributed by atoms with Gasteiger partial charge >= 0.3 is 0 Å². The molecular formula is C26H39NO5. The minimum absolute atomic E-state index is 0.00780. The van der Waals surface area contributed by atoms with E-state index in [9.17, 15) is 25.3 Å². The van der Waals surface area contributed by atoms with E-state index >= 15 is 0 Å². The van der Waals surface area contributed by atoms with Crippen molar-refractivity contribution in [1.29, 1.82) is 0 Å². The van der Waals surface area contributed by atoms with Gasteiger partial charge in [-0.25, -0.2) is 5.06 Å². The zero-order chi connectivity index (χ0) is 23.2. The Balaban J connectivity index is 1.52. The van der Waals surface area contributed by atoms with Gasteiger partial charge in [0.2, 0.25) is 0 Å². The molecule has 6 nitrogen and oxygen atoms in total. The average Bonchev–Trinajstić information content (AvgIpc) is 3.27. The molecule has 3 aliphatic carbocycles. The van der Waals surface area contributed by atoms with Crippen LogP contribution in [-0.4, -0.2) is 56.4 Å². The van der Waals surface area contributed by atoms with Crippen LogP contribution in [-0.2, 0) is 4.79 Å². The highest BCUT2D eigenvalue weighted by Gasteiger charge is 2.53. The molecule has 0 spiro atoms. The van der Waals surface area contributed by atoms with Crippen LogP contribution in [0.2, 0.25) is 0 Å². The standard InChI is InChI=1S/C26H39NO5/c1-15-18(13-19(28)14-23(15)29)7-6-17-5-4-11-26(3)21(8-9-22(17)26)16(2)24(30)20-10-12-27(32)25(20)31/h6-7,16,19-24,28-30,32H,1,4-5,8-14H2,2-3H3/b17-6+,18-7-/t16-,19+,20?,21+,22?,23-,24?,26+/m0/s1. The summed E-state index contributed by atoms with van der Waals surface area (Å²) < 4.78 is 0. The molecule has 4 aliphatic rings. The summed E-state index contributed by atoms with van der Waals surface area (Å²) in [5.74, 6) is -0.0968. The molecule has 3 unspecified atom stereocenters. The number of fused-ring (bicyclic) bond motifs is 1. The van der Waals surface area contributed by atoms with Crippen LogP contribution in [0.4, 0.5) is 0 Å². The molecule has 0 aromatic heterocycles. The van der Waals surface area contributed by atoms with Crippen molar-refractivity contribution in [2.24, 2.45) is 29.1 Å². The summed E-state index contributed by atoms with van der Waals surface area (Å²) in [6.07, 6.45) is 9.07. The van der Waals surface area contributed by atoms with E-state index in [0.717, 1.165) is 42.7 Å². The molecular weight excluding hydrogens is 406 g/mol. The van der Waals surface area contributed by atoms with E-state index in [2.05, 4.69) is 26.5 Å². The van der Waals surface area contributed by atoms with Gasteiger partial charge in [0, 0.05) is 13.0 Å². The average molecular weight is 446 g/mol. The maximum Gasteiger partial charge on any atom is 0.251 e. The third kappa shape index (κ3) is 4.11. The Kier molecular flexibility index (Phi) is 6.70. The molecule has 4 N–H and O–H groups in total. The predicted molar refractivity (Wildman–Crippen MR) is 122 cm³/mol. The van der Waals surface area contributed by atoms with E-state index in [1.807, 2.05) is 6.08 Å². The van der Waals surface area contributed by atoms with Gasteiger partial charge in [0.15, 0.2) is 0 Å². The van der Waals surface area contributed by atoms with Crippen molar-refractivity contribution in [3.63, 3.8) is 0 Å². The highest BCUT2D eigenvalue weighted by atomic mass is 16.5. The fourth-order valence-electron chi connectivity index (χ4n) is 7.22. The number of aliphatic hydroxyl groups is 3. The molecule has 1 aliphatic heterocycles. The van der Waals surface area contributed by atoms with Crippen LogP contribution in [0.1, 0.15) is 65.2 Å². The lowest BCUT2D eigenvalue weighted by atomic mass is 9.60. The minimum atomic E-state index is -0.731. The first kappa shape index (κ1) is 23.7. The monoisotopic (exact) mass is 445 g/mol. The fourth-order valence-corrected chi connectivity index (χ4v) is 7.22. The number of nitrogens with zero attached hydrogens (tertiary/aromatic N) is 1. The van der Waals surface area contributed by atoms with Crippen LogP contribution in [0, 0.1) is 29.1 Å². The Bertz CT molecular complexity index is 819. The van der Waals surface area contributed by atoms with Crippen molar-refractivity contribution in [2.75, 3.05) is 6.54 Å². The SMILES string of the molecule is C=C1/C(=C\C=C2/CCC[C@@]3(C)C2CC[C@@H]3[C@H](C)C(O)C2CCN(O)C2=O)C[C@@H](O)C[C@@H]1O. The zero-order valence-electron chi connectivity index (χ0n) is 19.4. The predicted octanol–water partition coefficient (Wildman–Crippen LogP) is 3.36. The smallest absolute Gasteiger partial charge is 0.251 e. The van der Waals surface area contributed by atoms with Gasteiger partial charge in [-0.2, -0.15) is 0 Å². The van der Waals surface area contributed by atoms with Crippen molar-refractivity contribution in [1.82, 2.24) is 5.06 Å². The summed E-state index contributed by atoms with van der Waals surface area (Å²) in [5, 5.41) is 41.7. The highest BCUT2D eigenvalue weighted by Crippen LogP contribution is 2.60. The van der Waals surface area contributed by atoms with Crippen LogP contribution < -0.4 is 0 Å². The molecule has 32 heavy (non-hydrogen) atoms. The number of hydroxylamine groups is 2. The Morgan fingerprint density at radius 3 is 2.66 bits per heavy atom. The van der Waals surface area contributed by atoms with Crippen molar-refractivity contribution >= 4 is 5.91 Å². The number of allylic oxidation sites excluding steroid dienone is 3. The number of hydrogen-bond donors (Lipinski definition) is 4. The first-order valence-electron chi connectivity index (χ1n) is 12.3. The van der Waals surface area contributed by atoms with Gasteiger partial charge in [-0.1, -0.05) is 38.2 Å². The molecule has 4 rings (SSSR count). The molecule has 1 heterocycles. The molecule has 0 aromatic carbocycles. The molecule has 8 atom stereocenters. The van der Waals surface area contributed by atoms with Crippen molar-refractivity contribution in [2.45, 2.75) is 83.5 Å². The maximum atomic E-state index is 12.2. The Morgan fingerprint density at radius 1 is 1.22 bits per heavy atom. The van der Waals surface area contributed by atoms with E-state index in [1.54, 1.807) is 0 Å². The van der Waals surface area contributed by atoms with E-state index < -0.39 is 24.2 Å². The molecule has 6 heteroatoms. The lowest BCUT2D eigenvalue weighted by Crippen LogP contribution is -2.42. The third-order valence-electron chi connectivity index (χ3n) is 9.11. The molecule has 1 saturated heterocycles. The number of rotatable bonds is 4. The zero-order valence-corrected chi connectivity index (χ0v) is 19.4. The fraction of sp³-hybridized carbons (Fsp3) is 0.731. The first-order valence-corrected chi connectivity index (χ1v) is 12.3. The lowest BCUT2D eigenvalue weighted by Gasteiger charge is -2.45. The van der Waals surface area contributed by atoms with Gasteiger partial charge < -0.3 is 15.3 Å². The van der Waals surface area contributed by atoms with Crippen LogP contribution in [0.5, 0.6) is 0 Å². The van der Waals surface area contributed by atoms with Crippen LogP contribution in [0.3, 0.4) is 0 Å². The molecule has 3 saturated carbocycles. The number of amides is 1. The first-order chi connectivity index (χ1) is 15.1. The topological polar surface area (TPSA) is 101 Å². The van der Waals surface area contributed by atoms with Crippen LogP contribution in [0.25, 0.3) is 0 Å². The Hall–Kier alpha value is -1.47. The van der Waals surface area contributed by atoms with Gasteiger partial charge in [-0.3, -0.25) is 10.0 Å². The second-order valence-electron chi connectivity index (χ2n) is 10.9. The maximum absolute atomic E-state index is 12.2. The van der Waals surface area contributed by atoms with Gasteiger partial charge in [-0.05, 0) is 79.3 Å². The van der Waals surface area contributed by atoms with Crippen LogP contribution >= 0.6 is 0 Å². The van der Waals surface area contributed by atoms with E-state index in [-0.39, 0.29) is 17.2 Å². The largest absolute Gasteiger partial charge is 0.393 e. The Labute approximate surface area is 191 Å². The number of hydrogen-bond acceptors (Lipinski definition) is 5. The van der Waals surface area contributed by atoms with Gasteiger partial charge in [0.1, 0.15) is 0 Å². The third-order valence-corrected chi connectivity index (χ3v) is 9.11. The van der Waals surface area contributed by atoms with Crippen molar-refractivity contribution < 1.29 is 25.3 Å². The Morgan fingerprint density at radius 2 is 1.97 bits per heavy atom. The highest BCUT2D eigenvalue weighted by molar-refractivity contribution is 5.80. The van der Waals surface area contributed by atoms with E-state index in [1.165, 1.54) is 5.57 Å². The summed E-state index contributed by atoms with van der Waals surface area (Å²) in [4.78, 5) is 12.2. The summed E-state index contributed by atoms with van der Waals surface area (Å²) in [6.45, 7) is 8.75. The molecule has 1 amide bonds. The van der Waals surface area contributed by atoms with Gasteiger partial charge in [-0.15, -0.1) is 0 Å². The van der Waals surface area contributed by atoms with Gasteiger partial charge in [0.05, 0.1) is 24.2 Å². The molecule has 4 fully saturated rings. The van der Waals surface area contributed by atoms with Gasteiger partial charge in [0.25, 0.3) is 5.91 Å². The molecule has 178 valence electrons. The quantitative estimate of drug-likeness (QED) is 0.497. The summed E-state index contributed by atoms with van der Waals surface area (Å²) in [5.41, 5.74) is 3.14. The normalized spacial score (nSPS) is 42.6. The molecule has 0 bridgehead atoms.